The molecule has 0 aliphatic carbocycles. The third-order valence-electron chi connectivity index (χ3n) is 1.41. The van der Waals surface area contributed by atoms with Crippen LogP contribution in [-0.2, 0) is 9.05 Å². The van der Waals surface area contributed by atoms with Crippen molar-refractivity contribution in [3.05, 3.63) is 28.3 Å². The zero-order valence-electron chi connectivity index (χ0n) is 6.49. The van der Waals surface area contributed by atoms with Crippen LogP contribution in [0.25, 0.3) is 0 Å². The van der Waals surface area contributed by atoms with Crippen LogP contribution in [0.3, 0.4) is 0 Å². The van der Waals surface area contributed by atoms with E-state index in [0.29, 0.717) is 0 Å². The van der Waals surface area contributed by atoms with Gasteiger partial charge in [0.15, 0.2) is 23.3 Å². The summed E-state index contributed by atoms with van der Waals surface area (Å²) in [5.41, 5.74) is 0. The molecule has 15 heavy (non-hydrogen) atoms. The van der Waals surface area contributed by atoms with Gasteiger partial charge in [0, 0.05) is 10.7 Å². The molecule has 0 spiro atoms. The lowest BCUT2D eigenvalue weighted by molar-refractivity contribution is 0.397. The van der Waals surface area contributed by atoms with Crippen LogP contribution >= 0.6 is 22.3 Å². The van der Waals surface area contributed by atoms with Crippen LogP contribution in [0, 0.1) is 23.3 Å². The van der Waals surface area contributed by atoms with Crippen LogP contribution in [0.2, 0.25) is 5.02 Å². The van der Waals surface area contributed by atoms with Crippen molar-refractivity contribution in [3.8, 4) is 0 Å². The summed E-state index contributed by atoms with van der Waals surface area (Å²) in [4.78, 5) is -1.62. The predicted molar refractivity (Wildman–Crippen MR) is 44.3 cm³/mol. The molecular formula is C6Cl2F4O2S. The summed E-state index contributed by atoms with van der Waals surface area (Å²) >= 11 is 4.98. The lowest BCUT2D eigenvalue weighted by atomic mass is 10.3. The number of halogens is 6. The van der Waals surface area contributed by atoms with Gasteiger partial charge in [0.25, 0.3) is 9.05 Å². The Morgan fingerprint density at radius 2 is 1.27 bits per heavy atom. The number of benzene rings is 1. The highest BCUT2D eigenvalue weighted by Gasteiger charge is 2.30. The van der Waals surface area contributed by atoms with Gasteiger partial charge in [-0.3, -0.25) is 0 Å². The number of rotatable bonds is 1. The summed E-state index contributed by atoms with van der Waals surface area (Å²) in [6, 6.07) is 0. The molecule has 1 aromatic carbocycles. The van der Waals surface area contributed by atoms with Gasteiger partial charge >= 0.3 is 0 Å². The fraction of sp³-hybridized carbons (Fsp3) is 0. The lowest BCUT2D eigenvalue weighted by Crippen LogP contribution is -2.05. The summed E-state index contributed by atoms with van der Waals surface area (Å²) < 4.78 is 72.0. The topological polar surface area (TPSA) is 34.1 Å². The van der Waals surface area contributed by atoms with Gasteiger partial charge in [-0.25, -0.2) is 26.0 Å². The van der Waals surface area contributed by atoms with Gasteiger partial charge in [0.05, 0.1) is 0 Å². The van der Waals surface area contributed by atoms with E-state index in [2.05, 4.69) is 10.7 Å². The molecule has 0 aliphatic rings. The first-order valence-corrected chi connectivity index (χ1v) is 5.82. The van der Waals surface area contributed by atoms with Crippen LogP contribution in [0.1, 0.15) is 0 Å². The zero-order chi connectivity index (χ0) is 12.0. The van der Waals surface area contributed by atoms with Crippen molar-refractivity contribution in [3.63, 3.8) is 0 Å². The van der Waals surface area contributed by atoms with Crippen molar-refractivity contribution in [2.45, 2.75) is 4.90 Å². The molecule has 0 saturated carbocycles. The minimum absolute atomic E-state index is 1.43. The average Bonchev–Trinajstić information content (AvgIpc) is 2.09. The highest BCUT2D eigenvalue weighted by atomic mass is 35.7. The fourth-order valence-corrected chi connectivity index (χ4v) is 2.43. The van der Waals surface area contributed by atoms with E-state index in [0.717, 1.165) is 0 Å². The first kappa shape index (κ1) is 12.5. The molecule has 0 saturated heterocycles. The Hall–Kier alpha value is -0.530. The van der Waals surface area contributed by atoms with Crippen molar-refractivity contribution in [1.82, 2.24) is 0 Å². The summed E-state index contributed by atoms with van der Waals surface area (Å²) in [5, 5.41) is -1.43. The van der Waals surface area contributed by atoms with E-state index < -0.39 is 42.2 Å². The Bertz CT molecular complexity index is 499. The van der Waals surface area contributed by atoms with Crippen molar-refractivity contribution >= 4 is 31.3 Å². The Morgan fingerprint density at radius 1 is 0.867 bits per heavy atom. The van der Waals surface area contributed by atoms with Crippen molar-refractivity contribution in [2.24, 2.45) is 0 Å². The molecule has 0 amide bonds. The quantitative estimate of drug-likeness (QED) is 0.344. The molecule has 1 aromatic rings. The molecule has 1 rings (SSSR count). The van der Waals surface area contributed by atoms with Crippen LogP contribution in [0.5, 0.6) is 0 Å². The Kier molecular flexibility index (Phi) is 3.18. The fourth-order valence-electron chi connectivity index (χ4n) is 0.799. The third-order valence-corrected chi connectivity index (χ3v) is 3.21. The van der Waals surface area contributed by atoms with Gasteiger partial charge in [0.2, 0.25) is 0 Å². The van der Waals surface area contributed by atoms with Gasteiger partial charge in [-0.1, -0.05) is 11.6 Å². The molecule has 9 heteroatoms. The van der Waals surface area contributed by atoms with Crippen LogP contribution < -0.4 is 0 Å². The first-order valence-electron chi connectivity index (χ1n) is 3.14. The van der Waals surface area contributed by atoms with Crippen molar-refractivity contribution < 1.29 is 26.0 Å². The summed E-state index contributed by atoms with van der Waals surface area (Å²) in [5.74, 6) is -8.68. The van der Waals surface area contributed by atoms with Crippen molar-refractivity contribution in [2.75, 3.05) is 0 Å². The predicted octanol–water partition coefficient (Wildman–Crippen LogP) is 2.82. The third kappa shape index (κ3) is 2.04. The Labute approximate surface area is 90.8 Å². The molecule has 0 radical (unpaired) electrons. The summed E-state index contributed by atoms with van der Waals surface area (Å²) in [6.45, 7) is 0. The second-order valence-electron chi connectivity index (χ2n) is 2.34. The maximum Gasteiger partial charge on any atom is 0.265 e. The highest BCUT2D eigenvalue weighted by molar-refractivity contribution is 8.13. The standard InChI is InChI=1S/C6Cl2F4O2S/c7-1-2(9)3(10)4(11)5(12)6(1)15(8,13)14. The molecule has 0 bridgehead atoms. The molecule has 84 valence electrons. The van der Waals surface area contributed by atoms with Crippen LogP contribution in [-0.4, -0.2) is 8.42 Å². The van der Waals surface area contributed by atoms with E-state index in [1.807, 2.05) is 0 Å². The molecule has 0 fully saturated rings. The molecule has 0 heterocycles. The first-order chi connectivity index (χ1) is 6.68. The smallest absolute Gasteiger partial charge is 0.207 e. The van der Waals surface area contributed by atoms with Crippen LogP contribution in [0.4, 0.5) is 17.6 Å². The van der Waals surface area contributed by atoms with E-state index >= 15 is 0 Å². The van der Waals surface area contributed by atoms with Crippen LogP contribution in [0.15, 0.2) is 4.90 Å². The molecule has 0 aromatic heterocycles. The van der Waals surface area contributed by atoms with Crippen molar-refractivity contribution in [1.29, 1.82) is 0 Å². The molecule has 0 atom stereocenters. The number of hydrogen-bond donors (Lipinski definition) is 0. The van der Waals surface area contributed by atoms with E-state index in [1.54, 1.807) is 0 Å². The summed E-state index contributed by atoms with van der Waals surface area (Å²) in [6.07, 6.45) is 0. The van der Waals surface area contributed by atoms with E-state index in [4.69, 9.17) is 11.6 Å². The molecular weight excluding hydrogens is 283 g/mol. The van der Waals surface area contributed by atoms with E-state index in [-0.39, 0.29) is 0 Å². The van der Waals surface area contributed by atoms with Gasteiger partial charge in [-0.15, -0.1) is 0 Å². The minimum Gasteiger partial charge on any atom is -0.207 e. The lowest BCUT2D eigenvalue weighted by Gasteiger charge is -2.05. The maximum atomic E-state index is 12.9. The molecule has 0 aliphatic heterocycles. The second kappa shape index (κ2) is 3.80. The summed E-state index contributed by atoms with van der Waals surface area (Å²) in [7, 11) is -0.150. The largest absolute Gasteiger partial charge is 0.265 e. The van der Waals surface area contributed by atoms with E-state index in [9.17, 15) is 26.0 Å². The highest BCUT2D eigenvalue weighted by Crippen LogP contribution is 2.33. The normalized spacial score (nSPS) is 11.9. The average molecular weight is 283 g/mol. The Balaban J connectivity index is 3.84. The second-order valence-corrected chi connectivity index (χ2v) is 5.22. The Morgan fingerprint density at radius 3 is 1.67 bits per heavy atom. The monoisotopic (exact) mass is 282 g/mol. The SMILES string of the molecule is O=S(=O)(Cl)c1c(F)c(F)c(F)c(F)c1Cl. The van der Waals surface area contributed by atoms with Gasteiger partial charge < -0.3 is 0 Å². The van der Waals surface area contributed by atoms with Gasteiger partial charge in [-0.2, -0.15) is 0 Å². The molecule has 2 nitrogen and oxygen atoms in total. The minimum atomic E-state index is -4.81. The maximum absolute atomic E-state index is 12.9. The van der Waals surface area contributed by atoms with Gasteiger partial charge in [0.1, 0.15) is 9.92 Å². The number of hydrogen-bond acceptors (Lipinski definition) is 2. The zero-order valence-corrected chi connectivity index (χ0v) is 8.82. The van der Waals surface area contributed by atoms with E-state index in [1.165, 1.54) is 0 Å². The molecule has 0 unspecified atom stereocenters. The van der Waals surface area contributed by atoms with Gasteiger partial charge in [-0.05, 0) is 0 Å². The molecule has 0 N–H and O–H groups in total.